The molecular formula is C23H24ClN5O3S. The summed E-state index contributed by atoms with van der Waals surface area (Å²) in [6, 6.07) is 14.3. The molecule has 0 atom stereocenters. The molecule has 172 valence electrons. The third-order valence-electron chi connectivity index (χ3n) is 5.32. The van der Waals surface area contributed by atoms with Crippen LogP contribution in [0.4, 0.5) is 21.3 Å². The summed E-state index contributed by atoms with van der Waals surface area (Å²) in [5.41, 5.74) is 2.32. The van der Waals surface area contributed by atoms with Crippen molar-refractivity contribution in [2.75, 3.05) is 48.8 Å². The van der Waals surface area contributed by atoms with Gasteiger partial charge in [0.1, 0.15) is 10.6 Å². The Kier molecular flexibility index (Phi) is 7.00. The lowest BCUT2D eigenvalue weighted by atomic mass is 10.2. The second-order valence-corrected chi connectivity index (χ2v) is 8.93. The predicted molar refractivity (Wildman–Crippen MR) is 132 cm³/mol. The topological polar surface area (TPSA) is 86.8 Å². The second kappa shape index (κ2) is 10.1. The van der Waals surface area contributed by atoms with Crippen molar-refractivity contribution in [2.45, 2.75) is 6.92 Å². The van der Waals surface area contributed by atoms with Crippen molar-refractivity contribution in [3.05, 3.63) is 64.1 Å². The van der Waals surface area contributed by atoms with Crippen LogP contribution < -0.4 is 20.3 Å². The van der Waals surface area contributed by atoms with Crippen molar-refractivity contribution in [1.29, 1.82) is 0 Å². The van der Waals surface area contributed by atoms with Crippen LogP contribution in [-0.2, 0) is 0 Å². The van der Waals surface area contributed by atoms with Gasteiger partial charge in [0.25, 0.3) is 5.91 Å². The van der Waals surface area contributed by atoms with Crippen LogP contribution in [0.5, 0.6) is 5.75 Å². The molecule has 0 bridgehead atoms. The van der Waals surface area contributed by atoms with Gasteiger partial charge >= 0.3 is 6.03 Å². The summed E-state index contributed by atoms with van der Waals surface area (Å²) in [5.74, 6) is 0.755. The maximum Gasteiger partial charge on any atom is 0.325 e. The highest BCUT2D eigenvalue weighted by atomic mass is 35.5. The fourth-order valence-electron chi connectivity index (χ4n) is 3.55. The normalized spacial score (nSPS) is 13.5. The number of aromatic nitrogens is 1. The number of urea groups is 1. The summed E-state index contributed by atoms with van der Waals surface area (Å²) in [5, 5.41) is 6.37. The molecule has 0 saturated carbocycles. The predicted octanol–water partition coefficient (Wildman–Crippen LogP) is 4.72. The van der Waals surface area contributed by atoms with E-state index in [1.807, 2.05) is 29.2 Å². The van der Waals surface area contributed by atoms with Gasteiger partial charge in [-0.05, 0) is 55.5 Å². The van der Waals surface area contributed by atoms with Crippen LogP contribution in [0.25, 0.3) is 0 Å². The number of aryl methyl sites for hydroxylation is 1. The van der Waals surface area contributed by atoms with Crippen LogP contribution in [0.2, 0.25) is 5.02 Å². The Hall–Kier alpha value is -3.30. The first kappa shape index (κ1) is 22.9. The lowest BCUT2D eigenvalue weighted by Gasteiger charge is -2.36. The molecule has 0 aliphatic carbocycles. The smallest absolute Gasteiger partial charge is 0.325 e. The minimum Gasteiger partial charge on any atom is -0.497 e. The number of halogens is 1. The summed E-state index contributed by atoms with van der Waals surface area (Å²) in [7, 11) is 1.65. The largest absolute Gasteiger partial charge is 0.497 e. The van der Waals surface area contributed by atoms with Crippen LogP contribution in [0.1, 0.15) is 15.4 Å². The molecular weight excluding hydrogens is 462 g/mol. The van der Waals surface area contributed by atoms with E-state index in [0.29, 0.717) is 39.5 Å². The van der Waals surface area contributed by atoms with E-state index in [0.717, 1.165) is 24.5 Å². The van der Waals surface area contributed by atoms with Gasteiger partial charge in [-0.15, -0.1) is 0 Å². The molecule has 10 heteroatoms. The zero-order chi connectivity index (χ0) is 23.4. The monoisotopic (exact) mass is 485 g/mol. The van der Waals surface area contributed by atoms with Crippen LogP contribution in [0, 0.1) is 6.92 Å². The van der Waals surface area contributed by atoms with Gasteiger partial charge in [0, 0.05) is 42.6 Å². The molecule has 2 aromatic carbocycles. The van der Waals surface area contributed by atoms with Gasteiger partial charge in [-0.1, -0.05) is 22.9 Å². The maximum absolute atomic E-state index is 13.1. The number of carbonyl (C=O) groups is 2. The molecule has 0 spiro atoms. The van der Waals surface area contributed by atoms with Gasteiger partial charge in [-0.3, -0.25) is 10.1 Å². The third kappa shape index (κ3) is 5.55. The first-order valence-electron chi connectivity index (χ1n) is 10.4. The number of thiazole rings is 1. The first-order chi connectivity index (χ1) is 15.9. The fourth-order valence-corrected chi connectivity index (χ4v) is 4.60. The molecule has 1 fully saturated rings. The molecule has 33 heavy (non-hydrogen) atoms. The summed E-state index contributed by atoms with van der Waals surface area (Å²) >= 11 is 7.04. The van der Waals surface area contributed by atoms with E-state index in [9.17, 15) is 9.59 Å². The highest BCUT2D eigenvalue weighted by Crippen LogP contribution is 2.26. The lowest BCUT2D eigenvalue weighted by Crippen LogP contribution is -2.48. The van der Waals surface area contributed by atoms with Crippen LogP contribution >= 0.6 is 22.9 Å². The summed E-state index contributed by atoms with van der Waals surface area (Å²) in [4.78, 5) is 34.3. The van der Waals surface area contributed by atoms with E-state index in [1.165, 1.54) is 11.3 Å². The van der Waals surface area contributed by atoms with Crippen molar-refractivity contribution in [3.63, 3.8) is 0 Å². The average Bonchev–Trinajstić information content (AvgIpc) is 3.19. The van der Waals surface area contributed by atoms with Crippen molar-refractivity contribution >= 4 is 51.4 Å². The van der Waals surface area contributed by atoms with Crippen molar-refractivity contribution in [3.8, 4) is 5.75 Å². The third-order valence-corrected chi connectivity index (χ3v) is 6.63. The van der Waals surface area contributed by atoms with Crippen molar-refractivity contribution in [1.82, 2.24) is 9.88 Å². The molecule has 0 unspecified atom stereocenters. The lowest BCUT2D eigenvalue weighted by molar-refractivity contribution is 0.0750. The zero-order valence-electron chi connectivity index (χ0n) is 18.3. The fraction of sp³-hybridized carbons (Fsp3) is 0.261. The number of amides is 3. The number of nitrogens with zero attached hydrogens (tertiary/aromatic N) is 3. The van der Waals surface area contributed by atoms with Crippen molar-refractivity contribution in [2.24, 2.45) is 0 Å². The molecule has 3 aromatic rings. The van der Waals surface area contributed by atoms with Gasteiger partial charge in [-0.25, -0.2) is 9.78 Å². The van der Waals surface area contributed by atoms with Gasteiger partial charge in [0.15, 0.2) is 5.13 Å². The van der Waals surface area contributed by atoms with E-state index in [4.69, 9.17) is 16.3 Å². The summed E-state index contributed by atoms with van der Waals surface area (Å²) in [6.45, 7) is 4.48. The molecule has 0 radical (unpaired) electrons. The minimum atomic E-state index is -0.432. The maximum atomic E-state index is 13.1. The molecule has 3 amide bonds. The number of benzene rings is 2. The zero-order valence-corrected chi connectivity index (χ0v) is 19.9. The molecule has 2 N–H and O–H groups in total. The van der Waals surface area contributed by atoms with Crippen LogP contribution in [0.15, 0.2) is 48.5 Å². The van der Waals surface area contributed by atoms with E-state index in [-0.39, 0.29) is 5.91 Å². The Morgan fingerprint density at radius 1 is 1.00 bits per heavy atom. The number of rotatable bonds is 5. The Morgan fingerprint density at radius 3 is 2.30 bits per heavy atom. The number of ether oxygens (including phenoxy) is 1. The van der Waals surface area contributed by atoms with E-state index >= 15 is 0 Å². The highest BCUT2D eigenvalue weighted by Gasteiger charge is 2.26. The van der Waals surface area contributed by atoms with Gasteiger partial charge in [0.2, 0.25) is 0 Å². The Morgan fingerprint density at radius 2 is 1.67 bits per heavy atom. The van der Waals surface area contributed by atoms with Crippen LogP contribution in [-0.4, -0.2) is 55.1 Å². The summed E-state index contributed by atoms with van der Waals surface area (Å²) in [6.07, 6.45) is 0. The SMILES string of the molecule is COc1ccc(N2CCN(C(=O)c3sc(NC(=O)Nc4ccc(Cl)cc4)nc3C)CC2)cc1. The Labute approximate surface area is 201 Å². The average molecular weight is 486 g/mol. The standard InChI is InChI=1S/C23H24ClN5O3S/c1-15-20(33-23(25-15)27-22(31)26-17-5-3-16(24)4-6-17)21(30)29-13-11-28(12-14-29)18-7-9-19(32-2)10-8-18/h3-10H,11-14H2,1-2H3,(H2,25,26,27,31). The minimum absolute atomic E-state index is 0.0643. The second-order valence-electron chi connectivity index (χ2n) is 7.50. The van der Waals surface area contributed by atoms with Gasteiger partial charge in [0.05, 0.1) is 12.8 Å². The number of carbonyl (C=O) groups excluding carboxylic acids is 2. The number of nitrogens with one attached hydrogen (secondary N) is 2. The summed E-state index contributed by atoms with van der Waals surface area (Å²) < 4.78 is 5.21. The number of anilines is 3. The van der Waals surface area contributed by atoms with Gasteiger partial charge < -0.3 is 19.9 Å². The number of hydrogen-bond acceptors (Lipinski definition) is 6. The van der Waals surface area contributed by atoms with E-state index in [1.54, 1.807) is 38.3 Å². The molecule has 1 aromatic heterocycles. The Balaban J connectivity index is 1.34. The molecule has 1 aliphatic rings. The molecule has 1 aliphatic heterocycles. The molecule has 8 nitrogen and oxygen atoms in total. The quantitative estimate of drug-likeness (QED) is 0.546. The molecule has 4 rings (SSSR count). The number of piperazine rings is 1. The first-order valence-corrected chi connectivity index (χ1v) is 11.6. The van der Waals surface area contributed by atoms with Gasteiger partial charge in [-0.2, -0.15) is 0 Å². The number of hydrogen-bond donors (Lipinski definition) is 2. The molecule has 1 saturated heterocycles. The van der Waals surface area contributed by atoms with Crippen molar-refractivity contribution < 1.29 is 14.3 Å². The highest BCUT2D eigenvalue weighted by molar-refractivity contribution is 7.17. The molecule has 2 heterocycles. The Bertz CT molecular complexity index is 1130. The van der Waals surface area contributed by atoms with Crippen LogP contribution in [0.3, 0.4) is 0 Å². The number of methoxy groups -OCH3 is 1. The van der Waals surface area contributed by atoms with E-state index < -0.39 is 6.03 Å². The van der Waals surface area contributed by atoms with E-state index in [2.05, 4.69) is 20.5 Å².